The monoisotopic (exact) mass is 250 g/mol. The third-order valence-electron chi connectivity index (χ3n) is 3.23. The lowest BCUT2D eigenvalue weighted by atomic mass is 9.92. The Morgan fingerprint density at radius 2 is 1.74 bits per heavy atom. The van der Waals surface area contributed by atoms with Crippen LogP contribution in [0.3, 0.4) is 0 Å². The standard InChI is InChI=1S/C15H11BO3/c1-8-11-6-14(9-2-4-10(17)5-3-9)19-15(11)12(16)7-13(8)18/h2-7,17-18H,1H3. The summed E-state index contributed by atoms with van der Waals surface area (Å²) >= 11 is 0. The van der Waals surface area contributed by atoms with Crippen LogP contribution in [0.4, 0.5) is 0 Å². The first kappa shape index (κ1) is 11.7. The van der Waals surface area contributed by atoms with Gasteiger partial charge in [-0.25, -0.2) is 0 Å². The average molecular weight is 250 g/mol. The molecular weight excluding hydrogens is 239 g/mol. The van der Waals surface area contributed by atoms with Crippen LogP contribution in [0.2, 0.25) is 0 Å². The van der Waals surface area contributed by atoms with Crippen molar-refractivity contribution in [3.8, 4) is 22.8 Å². The van der Waals surface area contributed by atoms with Gasteiger partial charge in [-0.05, 0) is 43.3 Å². The predicted molar refractivity (Wildman–Crippen MR) is 75.1 cm³/mol. The van der Waals surface area contributed by atoms with Gasteiger partial charge >= 0.3 is 0 Å². The minimum absolute atomic E-state index is 0.156. The SMILES string of the molecule is [B]c1cc(O)c(C)c2cc(-c3ccc(O)cc3)oc12. The zero-order valence-corrected chi connectivity index (χ0v) is 10.3. The number of aromatic hydroxyl groups is 2. The van der Waals surface area contributed by atoms with E-state index in [2.05, 4.69) is 0 Å². The number of fused-ring (bicyclic) bond motifs is 1. The van der Waals surface area contributed by atoms with E-state index in [-0.39, 0.29) is 11.5 Å². The molecule has 0 fully saturated rings. The van der Waals surface area contributed by atoms with Gasteiger partial charge in [-0.1, -0.05) is 5.46 Å². The van der Waals surface area contributed by atoms with Crippen molar-refractivity contribution in [2.24, 2.45) is 0 Å². The second-order valence-electron chi connectivity index (χ2n) is 4.51. The minimum Gasteiger partial charge on any atom is -0.508 e. The smallest absolute Gasteiger partial charge is 0.135 e. The third kappa shape index (κ3) is 1.85. The Labute approximate surface area is 111 Å². The molecule has 0 saturated carbocycles. The van der Waals surface area contributed by atoms with Crippen molar-refractivity contribution >= 4 is 24.3 Å². The van der Waals surface area contributed by atoms with E-state index in [9.17, 15) is 10.2 Å². The molecule has 19 heavy (non-hydrogen) atoms. The zero-order valence-electron chi connectivity index (χ0n) is 10.3. The number of hydrogen-bond donors (Lipinski definition) is 2. The summed E-state index contributed by atoms with van der Waals surface area (Å²) in [5, 5.41) is 19.8. The van der Waals surface area contributed by atoms with Crippen LogP contribution in [0.25, 0.3) is 22.3 Å². The maximum Gasteiger partial charge on any atom is 0.135 e. The summed E-state index contributed by atoms with van der Waals surface area (Å²) in [4.78, 5) is 0. The summed E-state index contributed by atoms with van der Waals surface area (Å²) < 4.78 is 5.74. The zero-order chi connectivity index (χ0) is 13.6. The molecule has 0 spiro atoms. The Bertz CT molecular complexity index is 757. The lowest BCUT2D eigenvalue weighted by Gasteiger charge is -2.02. The molecule has 92 valence electrons. The van der Waals surface area contributed by atoms with E-state index < -0.39 is 0 Å². The molecule has 0 aliphatic heterocycles. The quantitative estimate of drug-likeness (QED) is 0.652. The summed E-state index contributed by atoms with van der Waals surface area (Å²) in [6.45, 7) is 1.81. The molecule has 3 aromatic rings. The molecule has 3 rings (SSSR count). The summed E-state index contributed by atoms with van der Waals surface area (Å²) in [5.41, 5.74) is 2.55. The van der Waals surface area contributed by atoms with Gasteiger partial charge in [0, 0.05) is 16.5 Å². The van der Waals surface area contributed by atoms with Gasteiger partial charge in [0.1, 0.15) is 30.7 Å². The maximum absolute atomic E-state index is 9.76. The second kappa shape index (κ2) is 4.09. The van der Waals surface area contributed by atoms with Crippen LogP contribution in [0, 0.1) is 6.92 Å². The van der Waals surface area contributed by atoms with Crippen molar-refractivity contribution in [2.45, 2.75) is 6.92 Å². The molecule has 1 heterocycles. The Morgan fingerprint density at radius 3 is 2.42 bits per heavy atom. The van der Waals surface area contributed by atoms with E-state index in [1.165, 1.54) is 6.07 Å². The topological polar surface area (TPSA) is 53.6 Å². The molecule has 0 amide bonds. The lowest BCUT2D eigenvalue weighted by molar-refractivity contribution is 0.472. The predicted octanol–water partition coefficient (Wildman–Crippen LogP) is 2.61. The first-order chi connectivity index (χ1) is 9.06. The molecule has 3 nitrogen and oxygen atoms in total. The van der Waals surface area contributed by atoms with Crippen molar-refractivity contribution < 1.29 is 14.6 Å². The van der Waals surface area contributed by atoms with Gasteiger partial charge in [-0.2, -0.15) is 0 Å². The molecule has 0 atom stereocenters. The van der Waals surface area contributed by atoms with Gasteiger partial charge in [0.05, 0.1) is 0 Å². The average Bonchev–Trinajstić information content (AvgIpc) is 2.83. The highest BCUT2D eigenvalue weighted by molar-refractivity contribution is 6.38. The molecule has 0 aliphatic carbocycles. The Morgan fingerprint density at radius 1 is 1.05 bits per heavy atom. The van der Waals surface area contributed by atoms with E-state index in [1.807, 2.05) is 13.0 Å². The first-order valence-corrected chi connectivity index (χ1v) is 5.87. The number of phenols is 2. The summed E-state index contributed by atoms with van der Waals surface area (Å²) in [6.07, 6.45) is 0. The fourth-order valence-corrected chi connectivity index (χ4v) is 2.11. The first-order valence-electron chi connectivity index (χ1n) is 5.87. The molecule has 0 aliphatic rings. The number of furan rings is 1. The Balaban J connectivity index is 2.24. The van der Waals surface area contributed by atoms with Crippen LogP contribution in [0.5, 0.6) is 11.5 Å². The summed E-state index contributed by atoms with van der Waals surface area (Å²) in [6, 6.07) is 10.0. The highest BCUT2D eigenvalue weighted by Crippen LogP contribution is 2.32. The van der Waals surface area contributed by atoms with Crippen molar-refractivity contribution in [3.63, 3.8) is 0 Å². The fourth-order valence-electron chi connectivity index (χ4n) is 2.11. The van der Waals surface area contributed by atoms with E-state index >= 15 is 0 Å². The van der Waals surface area contributed by atoms with Crippen LogP contribution in [0.1, 0.15) is 5.56 Å². The molecule has 0 bridgehead atoms. The Kier molecular flexibility index (Phi) is 2.52. The van der Waals surface area contributed by atoms with Crippen LogP contribution < -0.4 is 5.46 Å². The highest BCUT2D eigenvalue weighted by Gasteiger charge is 2.12. The molecular formula is C15H11BO3. The maximum atomic E-state index is 9.76. The van der Waals surface area contributed by atoms with Gasteiger partial charge in [0.15, 0.2) is 0 Å². The molecule has 2 N–H and O–H groups in total. The lowest BCUT2D eigenvalue weighted by Crippen LogP contribution is -2.02. The third-order valence-corrected chi connectivity index (χ3v) is 3.23. The highest BCUT2D eigenvalue weighted by atomic mass is 16.3. The molecule has 2 aromatic carbocycles. The van der Waals surface area contributed by atoms with Crippen molar-refractivity contribution in [1.82, 2.24) is 0 Å². The van der Waals surface area contributed by atoms with Crippen molar-refractivity contribution in [1.29, 1.82) is 0 Å². The number of benzene rings is 2. The fraction of sp³-hybridized carbons (Fsp3) is 0.0667. The Hall–Kier alpha value is -2.36. The molecule has 0 saturated heterocycles. The molecule has 2 radical (unpaired) electrons. The van der Waals surface area contributed by atoms with Crippen molar-refractivity contribution in [2.75, 3.05) is 0 Å². The summed E-state index contributed by atoms with van der Waals surface area (Å²) in [7, 11) is 5.85. The van der Waals surface area contributed by atoms with Gasteiger partial charge in [0.25, 0.3) is 0 Å². The largest absolute Gasteiger partial charge is 0.508 e. The number of aryl methyl sites for hydroxylation is 1. The molecule has 1 aromatic heterocycles. The summed E-state index contributed by atoms with van der Waals surface area (Å²) in [5.74, 6) is 1.01. The minimum atomic E-state index is 0.156. The van der Waals surface area contributed by atoms with Crippen LogP contribution in [-0.4, -0.2) is 18.1 Å². The number of rotatable bonds is 1. The van der Waals surface area contributed by atoms with Crippen LogP contribution >= 0.6 is 0 Å². The number of phenolic OH excluding ortho intramolecular Hbond substituents is 2. The normalized spacial score (nSPS) is 11.0. The molecule has 4 heteroatoms. The second-order valence-corrected chi connectivity index (χ2v) is 4.51. The van der Waals surface area contributed by atoms with E-state index in [0.717, 1.165) is 16.5 Å². The van der Waals surface area contributed by atoms with E-state index in [4.69, 9.17) is 12.3 Å². The van der Waals surface area contributed by atoms with Gasteiger partial charge < -0.3 is 14.6 Å². The van der Waals surface area contributed by atoms with Gasteiger partial charge in [-0.15, -0.1) is 0 Å². The van der Waals surface area contributed by atoms with Crippen LogP contribution in [-0.2, 0) is 0 Å². The number of hydrogen-bond acceptors (Lipinski definition) is 3. The van der Waals surface area contributed by atoms with Crippen LogP contribution in [0.15, 0.2) is 40.8 Å². The van der Waals surface area contributed by atoms with E-state index in [0.29, 0.717) is 16.8 Å². The van der Waals surface area contributed by atoms with Gasteiger partial charge in [-0.3, -0.25) is 0 Å². The van der Waals surface area contributed by atoms with Crippen molar-refractivity contribution in [3.05, 3.63) is 42.0 Å². The molecule has 0 unspecified atom stereocenters. The van der Waals surface area contributed by atoms with Gasteiger partial charge in [0.2, 0.25) is 0 Å². The van der Waals surface area contributed by atoms with E-state index in [1.54, 1.807) is 24.3 Å².